The van der Waals surface area contributed by atoms with Crippen LogP contribution in [0.25, 0.3) is 0 Å². The summed E-state index contributed by atoms with van der Waals surface area (Å²) in [6.07, 6.45) is 2.10. The van der Waals surface area contributed by atoms with E-state index in [9.17, 15) is 8.42 Å². The number of aliphatic hydroxyl groups is 1. The number of sulfone groups is 1. The lowest BCUT2D eigenvalue weighted by Gasteiger charge is -2.08. The maximum absolute atomic E-state index is 11.1. The van der Waals surface area contributed by atoms with Crippen LogP contribution in [0.1, 0.15) is 19.3 Å². The minimum absolute atomic E-state index is 0.109. The molecule has 1 fully saturated rings. The van der Waals surface area contributed by atoms with E-state index in [0.29, 0.717) is 17.9 Å². The average molecular weight is 204 g/mol. The van der Waals surface area contributed by atoms with Crippen molar-refractivity contribution in [3.05, 3.63) is 12.2 Å². The topological polar surface area (TPSA) is 54.4 Å². The van der Waals surface area contributed by atoms with Crippen LogP contribution in [0, 0.1) is 5.92 Å². The van der Waals surface area contributed by atoms with Gasteiger partial charge in [0.15, 0.2) is 9.84 Å². The van der Waals surface area contributed by atoms with Crippen molar-refractivity contribution in [1.82, 2.24) is 0 Å². The molecule has 0 spiro atoms. The summed E-state index contributed by atoms with van der Waals surface area (Å²) in [5.41, 5.74) is 0.963. The Labute approximate surface area is 79.4 Å². The highest BCUT2D eigenvalue weighted by Crippen LogP contribution is 2.25. The average Bonchev–Trinajstić information content (AvgIpc) is 2.30. The molecular weight excluding hydrogens is 188 g/mol. The van der Waals surface area contributed by atoms with Crippen LogP contribution in [0.3, 0.4) is 0 Å². The number of hydrogen-bond acceptors (Lipinski definition) is 3. The highest BCUT2D eigenvalue weighted by atomic mass is 32.2. The van der Waals surface area contributed by atoms with Crippen molar-refractivity contribution in [1.29, 1.82) is 0 Å². The van der Waals surface area contributed by atoms with E-state index in [1.54, 1.807) is 0 Å². The zero-order valence-corrected chi connectivity index (χ0v) is 8.52. The van der Waals surface area contributed by atoms with Gasteiger partial charge in [-0.1, -0.05) is 12.2 Å². The van der Waals surface area contributed by atoms with Crippen molar-refractivity contribution >= 4 is 9.84 Å². The van der Waals surface area contributed by atoms with E-state index in [2.05, 4.69) is 6.58 Å². The van der Waals surface area contributed by atoms with Crippen LogP contribution in [0.4, 0.5) is 0 Å². The normalized spacial score (nSPS) is 26.1. The van der Waals surface area contributed by atoms with E-state index in [1.807, 2.05) is 0 Å². The van der Waals surface area contributed by atoms with Gasteiger partial charge in [0, 0.05) is 6.61 Å². The zero-order chi connectivity index (χ0) is 9.90. The molecule has 0 aromatic carbocycles. The molecule has 4 heteroatoms. The largest absolute Gasteiger partial charge is 0.396 e. The molecular formula is C9H16O3S. The molecule has 0 amide bonds. The summed E-state index contributed by atoms with van der Waals surface area (Å²) in [5, 5.41) is 8.63. The fourth-order valence-corrected chi connectivity index (χ4v) is 3.56. The molecule has 0 aliphatic carbocycles. The maximum Gasteiger partial charge on any atom is 0.150 e. The Balaban J connectivity index is 2.36. The molecule has 0 saturated carbocycles. The van der Waals surface area contributed by atoms with Crippen LogP contribution in [-0.2, 0) is 9.84 Å². The van der Waals surface area contributed by atoms with E-state index in [-0.39, 0.29) is 12.5 Å². The lowest BCUT2D eigenvalue weighted by atomic mass is 9.98. The number of hydrogen-bond donors (Lipinski definition) is 1. The highest BCUT2D eigenvalue weighted by Gasteiger charge is 2.27. The van der Waals surface area contributed by atoms with Crippen LogP contribution >= 0.6 is 0 Å². The highest BCUT2D eigenvalue weighted by molar-refractivity contribution is 7.91. The molecule has 3 nitrogen and oxygen atoms in total. The predicted molar refractivity (Wildman–Crippen MR) is 52.2 cm³/mol. The van der Waals surface area contributed by atoms with Crippen LogP contribution < -0.4 is 0 Å². The molecule has 1 rings (SSSR count). The van der Waals surface area contributed by atoms with Crippen LogP contribution in [-0.4, -0.2) is 31.6 Å². The van der Waals surface area contributed by atoms with Crippen LogP contribution in [0.2, 0.25) is 0 Å². The minimum Gasteiger partial charge on any atom is -0.396 e. The Morgan fingerprint density at radius 2 is 2.23 bits per heavy atom. The third kappa shape index (κ3) is 3.48. The summed E-state index contributed by atoms with van der Waals surface area (Å²) in [5.74, 6) is 0.866. The van der Waals surface area contributed by atoms with Gasteiger partial charge in [0.25, 0.3) is 0 Å². The first-order valence-electron chi connectivity index (χ1n) is 4.51. The van der Waals surface area contributed by atoms with E-state index < -0.39 is 9.84 Å². The lowest BCUT2D eigenvalue weighted by Crippen LogP contribution is -2.06. The molecule has 1 unspecified atom stereocenters. The SMILES string of the molecule is C=C(CCO)CC1CCS(=O)(=O)C1. The molecule has 13 heavy (non-hydrogen) atoms. The smallest absolute Gasteiger partial charge is 0.150 e. The fourth-order valence-electron chi connectivity index (χ4n) is 1.70. The second-order valence-electron chi connectivity index (χ2n) is 3.70. The third-order valence-electron chi connectivity index (χ3n) is 2.37. The van der Waals surface area contributed by atoms with Gasteiger partial charge in [0.1, 0.15) is 0 Å². The first-order valence-corrected chi connectivity index (χ1v) is 6.33. The first kappa shape index (κ1) is 10.7. The van der Waals surface area contributed by atoms with Gasteiger partial charge < -0.3 is 5.11 Å². The standard InChI is InChI=1S/C9H16O3S/c1-8(2-4-10)6-9-3-5-13(11,12)7-9/h9-10H,1-7H2. The summed E-state index contributed by atoms with van der Waals surface area (Å²) in [7, 11) is -2.76. The molecule has 1 aliphatic heterocycles. The van der Waals surface area contributed by atoms with Crippen molar-refractivity contribution < 1.29 is 13.5 Å². The number of aliphatic hydroxyl groups excluding tert-OH is 1. The Kier molecular flexibility index (Phi) is 3.50. The Morgan fingerprint density at radius 1 is 1.54 bits per heavy atom. The molecule has 1 heterocycles. The monoisotopic (exact) mass is 204 g/mol. The van der Waals surface area contributed by atoms with Crippen molar-refractivity contribution in [2.24, 2.45) is 5.92 Å². The lowest BCUT2D eigenvalue weighted by molar-refractivity contribution is 0.296. The third-order valence-corrected chi connectivity index (χ3v) is 4.21. The fraction of sp³-hybridized carbons (Fsp3) is 0.778. The molecule has 1 saturated heterocycles. The Hall–Kier alpha value is -0.350. The summed E-state index contributed by atoms with van der Waals surface area (Å²) >= 11 is 0. The van der Waals surface area contributed by atoms with E-state index >= 15 is 0 Å². The van der Waals surface area contributed by atoms with E-state index in [0.717, 1.165) is 18.4 Å². The van der Waals surface area contributed by atoms with Gasteiger partial charge in [-0.3, -0.25) is 0 Å². The molecule has 0 aromatic heterocycles. The van der Waals surface area contributed by atoms with Crippen molar-refractivity contribution in [2.75, 3.05) is 18.1 Å². The minimum atomic E-state index is -2.76. The van der Waals surface area contributed by atoms with Crippen LogP contribution in [0.5, 0.6) is 0 Å². The second-order valence-corrected chi connectivity index (χ2v) is 5.93. The van der Waals surface area contributed by atoms with Gasteiger partial charge in [-0.15, -0.1) is 0 Å². The Morgan fingerprint density at radius 3 is 2.69 bits per heavy atom. The summed E-state index contributed by atoms with van der Waals surface area (Å²) < 4.78 is 22.2. The van der Waals surface area contributed by atoms with Gasteiger partial charge in [-0.2, -0.15) is 0 Å². The van der Waals surface area contributed by atoms with Gasteiger partial charge in [-0.25, -0.2) is 8.42 Å². The van der Waals surface area contributed by atoms with Crippen molar-refractivity contribution in [3.8, 4) is 0 Å². The molecule has 1 aliphatic rings. The zero-order valence-electron chi connectivity index (χ0n) is 7.70. The first-order chi connectivity index (χ1) is 6.03. The van der Waals surface area contributed by atoms with Crippen molar-refractivity contribution in [2.45, 2.75) is 19.3 Å². The van der Waals surface area contributed by atoms with Gasteiger partial charge in [0.05, 0.1) is 11.5 Å². The van der Waals surface area contributed by atoms with Gasteiger partial charge >= 0.3 is 0 Å². The summed E-state index contributed by atoms with van der Waals surface area (Å²) in [4.78, 5) is 0. The molecule has 1 atom stereocenters. The summed E-state index contributed by atoms with van der Waals surface area (Å²) in [6, 6.07) is 0. The van der Waals surface area contributed by atoms with E-state index in [1.165, 1.54) is 0 Å². The van der Waals surface area contributed by atoms with Gasteiger partial charge in [0.2, 0.25) is 0 Å². The van der Waals surface area contributed by atoms with Crippen LogP contribution in [0.15, 0.2) is 12.2 Å². The molecule has 1 N–H and O–H groups in total. The van der Waals surface area contributed by atoms with Crippen molar-refractivity contribution in [3.63, 3.8) is 0 Å². The second kappa shape index (κ2) is 4.24. The molecule has 0 bridgehead atoms. The Bertz CT molecular complexity index is 279. The predicted octanol–water partition coefficient (Wildman–Crippen LogP) is 0.750. The maximum atomic E-state index is 11.1. The molecule has 76 valence electrons. The molecule has 0 radical (unpaired) electrons. The molecule has 0 aromatic rings. The number of rotatable bonds is 4. The quantitative estimate of drug-likeness (QED) is 0.687. The summed E-state index contributed by atoms with van der Waals surface area (Å²) in [6.45, 7) is 3.91. The van der Waals surface area contributed by atoms with Gasteiger partial charge in [-0.05, 0) is 25.2 Å². The van der Waals surface area contributed by atoms with E-state index in [4.69, 9.17) is 5.11 Å².